The van der Waals surface area contributed by atoms with Crippen molar-refractivity contribution in [3.8, 4) is 11.5 Å². The summed E-state index contributed by atoms with van der Waals surface area (Å²) in [5.41, 5.74) is 0.203. The van der Waals surface area contributed by atoms with Gasteiger partial charge in [-0.3, -0.25) is 4.79 Å². The minimum absolute atomic E-state index is 0.00631. The third kappa shape index (κ3) is 3.13. The molecule has 5 heteroatoms. The Morgan fingerprint density at radius 1 is 1.32 bits per heavy atom. The molecular formula is C14H17ClO4. The molecule has 0 amide bonds. The summed E-state index contributed by atoms with van der Waals surface area (Å²) in [6.07, 6.45) is 0.826. The summed E-state index contributed by atoms with van der Waals surface area (Å²) >= 11 is 6.25. The number of hydrogen-bond acceptors (Lipinski definition) is 3. The Kier molecular flexibility index (Phi) is 3.90. The third-order valence-corrected chi connectivity index (χ3v) is 3.47. The maximum atomic E-state index is 10.9. The largest absolute Gasteiger partial charge is 0.490 e. The highest BCUT2D eigenvalue weighted by Crippen LogP contribution is 2.41. The van der Waals surface area contributed by atoms with Gasteiger partial charge in [-0.15, -0.1) is 0 Å². The second-order valence-corrected chi connectivity index (χ2v) is 5.69. The number of fused-ring (bicyclic) bond motifs is 1. The lowest BCUT2D eigenvalue weighted by molar-refractivity contribution is -0.138. The number of ether oxygens (including phenoxy) is 2. The predicted molar refractivity (Wildman–Crippen MR) is 72.3 cm³/mol. The van der Waals surface area contributed by atoms with Gasteiger partial charge in [0, 0.05) is 22.9 Å². The van der Waals surface area contributed by atoms with Crippen LogP contribution in [-0.2, 0) is 10.2 Å². The van der Waals surface area contributed by atoms with Crippen LogP contribution in [0, 0.1) is 0 Å². The highest BCUT2D eigenvalue weighted by Gasteiger charge is 2.28. The van der Waals surface area contributed by atoms with Crippen LogP contribution in [0.15, 0.2) is 12.1 Å². The average Bonchev–Trinajstić information content (AvgIpc) is 2.50. The van der Waals surface area contributed by atoms with Gasteiger partial charge in [-0.05, 0) is 11.6 Å². The van der Waals surface area contributed by atoms with E-state index < -0.39 is 11.4 Å². The van der Waals surface area contributed by atoms with Crippen LogP contribution in [0.1, 0.15) is 32.3 Å². The summed E-state index contributed by atoms with van der Waals surface area (Å²) in [6.45, 7) is 4.90. The Hall–Kier alpha value is -1.42. The standard InChI is InChI=1S/C14H17ClO4/c1-14(2,8-13(16)17)9-6-11-12(7-10(9)15)19-5-3-4-18-11/h6-7H,3-5,8H2,1-2H3,(H,16,17). The van der Waals surface area contributed by atoms with E-state index in [0.29, 0.717) is 29.7 Å². The van der Waals surface area contributed by atoms with Crippen LogP contribution >= 0.6 is 11.6 Å². The molecule has 0 saturated carbocycles. The number of aliphatic carboxylic acids is 1. The van der Waals surface area contributed by atoms with Crippen LogP contribution in [0.5, 0.6) is 11.5 Å². The van der Waals surface area contributed by atoms with E-state index in [9.17, 15) is 4.79 Å². The summed E-state index contributed by atoms with van der Waals surface area (Å²) in [7, 11) is 0. The minimum atomic E-state index is -0.854. The topological polar surface area (TPSA) is 55.8 Å². The first kappa shape index (κ1) is 14.0. The lowest BCUT2D eigenvalue weighted by Crippen LogP contribution is -2.22. The first-order valence-electron chi connectivity index (χ1n) is 6.21. The predicted octanol–water partition coefficient (Wildman–Crippen LogP) is 3.25. The van der Waals surface area contributed by atoms with Crippen LogP contribution < -0.4 is 9.47 Å². The molecule has 4 nitrogen and oxygen atoms in total. The van der Waals surface area contributed by atoms with Gasteiger partial charge in [-0.1, -0.05) is 25.4 Å². The fourth-order valence-electron chi connectivity index (χ4n) is 2.18. The number of benzene rings is 1. The maximum Gasteiger partial charge on any atom is 0.304 e. The Balaban J connectivity index is 2.41. The highest BCUT2D eigenvalue weighted by atomic mass is 35.5. The fraction of sp³-hybridized carbons (Fsp3) is 0.500. The zero-order valence-electron chi connectivity index (χ0n) is 11.0. The zero-order chi connectivity index (χ0) is 14.0. The Morgan fingerprint density at radius 2 is 1.89 bits per heavy atom. The van der Waals surface area contributed by atoms with Crippen molar-refractivity contribution in [2.75, 3.05) is 13.2 Å². The van der Waals surface area contributed by atoms with Gasteiger partial charge in [0.25, 0.3) is 0 Å². The third-order valence-electron chi connectivity index (χ3n) is 3.16. The number of carboxylic acids is 1. The van der Waals surface area contributed by atoms with Gasteiger partial charge in [-0.2, -0.15) is 0 Å². The molecule has 1 aliphatic rings. The summed E-state index contributed by atoms with van der Waals surface area (Å²) in [4.78, 5) is 10.9. The van der Waals surface area contributed by atoms with Crippen molar-refractivity contribution in [1.29, 1.82) is 0 Å². The first-order valence-corrected chi connectivity index (χ1v) is 6.59. The van der Waals surface area contributed by atoms with Crippen molar-refractivity contribution in [3.63, 3.8) is 0 Å². The number of carbonyl (C=O) groups is 1. The molecule has 1 aromatic carbocycles. The summed E-state index contributed by atoms with van der Waals surface area (Å²) in [5.74, 6) is 0.404. The van der Waals surface area contributed by atoms with Gasteiger partial charge in [0.2, 0.25) is 0 Å². The van der Waals surface area contributed by atoms with E-state index >= 15 is 0 Å². The van der Waals surface area contributed by atoms with E-state index in [2.05, 4.69) is 0 Å². The Labute approximate surface area is 117 Å². The van der Waals surface area contributed by atoms with Crippen molar-refractivity contribution in [3.05, 3.63) is 22.7 Å². The van der Waals surface area contributed by atoms with Crippen LogP contribution in [0.3, 0.4) is 0 Å². The number of rotatable bonds is 3. The zero-order valence-corrected chi connectivity index (χ0v) is 11.8. The molecule has 0 unspecified atom stereocenters. The van der Waals surface area contributed by atoms with Crippen molar-refractivity contribution in [2.45, 2.75) is 32.1 Å². The highest BCUT2D eigenvalue weighted by molar-refractivity contribution is 6.31. The molecule has 0 radical (unpaired) electrons. The summed E-state index contributed by atoms with van der Waals surface area (Å²) < 4.78 is 11.2. The van der Waals surface area contributed by atoms with E-state index in [4.69, 9.17) is 26.2 Å². The molecule has 0 bridgehead atoms. The lowest BCUT2D eigenvalue weighted by atomic mass is 9.81. The van der Waals surface area contributed by atoms with Crippen molar-refractivity contribution in [1.82, 2.24) is 0 Å². The van der Waals surface area contributed by atoms with Gasteiger partial charge >= 0.3 is 5.97 Å². The van der Waals surface area contributed by atoms with Crippen molar-refractivity contribution < 1.29 is 19.4 Å². The second-order valence-electron chi connectivity index (χ2n) is 5.28. The molecule has 104 valence electrons. The number of hydrogen-bond donors (Lipinski definition) is 1. The molecule has 19 heavy (non-hydrogen) atoms. The van der Waals surface area contributed by atoms with E-state index in [0.717, 1.165) is 12.0 Å². The molecule has 1 aromatic rings. The molecule has 2 rings (SSSR count). The molecule has 1 N–H and O–H groups in total. The summed E-state index contributed by atoms with van der Waals surface area (Å²) in [5, 5.41) is 9.50. The van der Waals surface area contributed by atoms with E-state index in [-0.39, 0.29) is 6.42 Å². The molecule has 1 heterocycles. The van der Waals surface area contributed by atoms with Crippen LogP contribution in [-0.4, -0.2) is 24.3 Å². The van der Waals surface area contributed by atoms with Crippen LogP contribution in [0.2, 0.25) is 5.02 Å². The van der Waals surface area contributed by atoms with E-state index in [1.165, 1.54) is 0 Å². The van der Waals surface area contributed by atoms with Crippen molar-refractivity contribution >= 4 is 17.6 Å². The SMILES string of the molecule is CC(C)(CC(=O)O)c1cc2c(cc1Cl)OCCCO2. The molecular weight excluding hydrogens is 268 g/mol. The molecule has 0 aliphatic carbocycles. The molecule has 0 saturated heterocycles. The van der Waals surface area contributed by atoms with Crippen molar-refractivity contribution in [2.24, 2.45) is 0 Å². The molecule has 0 atom stereocenters. The number of carboxylic acid groups (broad SMARTS) is 1. The minimum Gasteiger partial charge on any atom is -0.490 e. The lowest BCUT2D eigenvalue weighted by Gasteiger charge is -2.25. The van der Waals surface area contributed by atoms with Gasteiger partial charge < -0.3 is 14.6 Å². The second kappa shape index (κ2) is 5.29. The van der Waals surface area contributed by atoms with Gasteiger partial charge in [-0.25, -0.2) is 0 Å². The molecule has 0 spiro atoms. The normalized spacial score (nSPS) is 14.9. The van der Waals surface area contributed by atoms with Gasteiger partial charge in [0.15, 0.2) is 11.5 Å². The molecule has 0 aromatic heterocycles. The average molecular weight is 285 g/mol. The smallest absolute Gasteiger partial charge is 0.304 e. The Morgan fingerprint density at radius 3 is 2.47 bits per heavy atom. The van der Waals surface area contributed by atoms with Gasteiger partial charge in [0.05, 0.1) is 19.6 Å². The molecule has 0 fully saturated rings. The first-order chi connectivity index (χ1) is 8.90. The quantitative estimate of drug-likeness (QED) is 0.926. The maximum absolute atomic E-state index is 10.9. The fourth-order valence-corrected chi connectivity index (χ4v) is 2.59. The van der Waals surface area contributed by atoms with Crippen LogP contribution in [0.4, 0.5) is 0 Å². The van der Waals surface area contributed by atoms with E-state index in [1.807, 2.05) is 13.8 Å². The van der Waals surface area contributed by atoms with Crippen LogP contribution in [0.25, 0.3) is 0 Å². The summed E-state index contributed by atoms with van der Waals surface area (Å²) in [6, 6.07) is 3.51. The monoisotopic (exact) mass is 284 g/mol. The van der Waals surface area contributed by atoms with Gasteiger partial charge in [0.1, 0.15) is 0 Å². The molecule has 1 aliphatic heterocycles. The van der Waals surface area contributed by atoms with E-state index in [1.54, 1.807) is 12.1 Å². The Bertz CT molecular complexity index is 496. The number of halogens is 1.